The molecule has 1 atom stereocenters. The molecule has 29 heavy (non-hydrogen) atoms. The topological polar surface area (TPSA) is 87.5 Å². The smallest absolute Gasteiger partial charge is 0.337 e. The summed E-state index contributed by atoms with van der Waals surface area (Å²) in [7, 11) is 1.78. The molecule has 2 aromatic heterocycles. The number of nitrogens with zero attached hydrogens (tertiary/aromatic N) is 3. The fourth-order valence-electron chi connectivity index (χ4n) is 4.03. The number of nitrogens with one attached hydrogen (secondary N) is 1. The zero-order chi connectivity index (χ0) is 20.7. The molecule has 0 saturated carbocycles. The van der Waals surface area contributed by atoms with Gasteiger partial charge in [-0.05, 0) is 38.8 Å². The lowest BCUT2D eigenvalue weighted by Gasteiger charge is -2.20. The lowest BCUT2D eigenvalue weighted by atomic mass is 10.1. The Balaban J connectivity index is 1.80. The maximum Gasteiger partial charge on any atom is 0.337 e. The number of anilines is 2. The van der Waals surface area contributed by atoms with E-state index in [2.05, 4.69) is 10.2 Å². The van der Waals surface area contributed by atoms with E-state index in [0.717, 1.165) is 36.4 Å². The van der Waals surface area contributed by atoms with Crippen molar-refractivity contribution >= 4 is 39.2 Å². The van der Waals surface area contributed by atoms with Crippen LogP contribution in [0.3, 0.4) is 0 Å². The Bertz CT molecular complexity index is 1140. The van der Waals surface area contributed by atoms with Crippen molar-refractivity contribution in [3.05, 3.63) is 50.6 Å². The van der Waals surface area contributed by atoms with Gasteiger partial charge in [-0.3, -0.25) is 9.36 Å². The van der Waals surface area contributed by atoms with Crippen LogP contribution < -0.4 is 15.8 Å². The third kappa shape index (κ3) is 3.37. The molecule has 1 aromatic carbocycles. The number of carboxylic acids is 1. The van der Waals surface area contributed by atoms with Gasteiger partial charge in [0.25, 0.3) is 5.56 Å². The molecular weight excluding hydrogens is 388 g/mol. The molecule has 0 spiro atoms. The van der Waals surface area contributed by atoms with Gasteiger partial charge in [0.1, 0.15) is 4.70 Å². The van der Waals surface area contributed by atoms with Crippen LogP contribution in [0.25, 0.3) is 10.2 Å². The molecule has 4 rings (SSSR count). The first-order valence-electron chi connectivity index (χ1n) is 9.72. The number of aromatic nitrogens is 2. The number of rotatable bonds is 5. The molecule has 8 heteroatoms. The molecule has 1 aliphatic heterocycles. The number of benzene rings is 1. The third-order valence-electron chi connectivity index (χ3n) is 5.47. The number of aromatic carboxylic acids is 1. The monoisotopic (exact) mass is 412 g/mol. The van der Waals surface area contributed by atoms with Gasteiger partial charge in [-0.1, -0.05) is 12.1 Å². The number of thiophene rings is 1. The first-order chi connectivity index (χ1) is 13.9. The predicted octanol–water partition coefficient (Wildman–Crippen LogP) is 3.77. The van der Waals surface area contributed by atoms with E-state index < -0.39 is 5.97 Å². The van der Waals surface area contributed by atoms with Crippen LogP contribution >= 0.6 is 11.3 Å². The molecule has 0 aliphatic carbocycles. The van der Waals surface area contributed by atoms with E-state index in [9.17, 15) is 14.7 Å². The van der Waals surface area contributed by atoms with Crippen molar-refractivity contribution in [1.82, 2.24) is 9.55 Å². The van der Waals surface area contributed by atoms with E-state index in [1.165, 1.54) is 11.3 Å². The molecule has 1 unspecified atom stereocenters. The van der Waals surface area contributed by atoms with Crippen LogP contribution in [-0.2, 0) is 7.05 Å². The van der Waals surface area contributed by atoms with Gasteiger partial charge in [0.05, 0.1) is 17.1 Å². The SMILES string of the molecule is Cc1sc2c(=O)n(C)c(N3CCCC3)nc2c1C(C)Nc1ccccc1C(=O)O. The molecule has 152 valence electrons. The summed E-state index contributed by atoms with van der Waals surface area (Å²) in [4.78, 5) is 32.6. The normalized spacial score (nSPS) is 15.1. The average Bonchev–Trinajstić information content (AvgIpc) is 3.32. The first-order valence-corrected chi connectivity index (χ1v) is 10.5. The van der Waals surface area contributed by atoms with E-state index >= 15 is 0 Å². The summed E-state index contributed by atoms with van der Waals surface area (Å²) in [5, 5.41) is 12.8. The highest BCUT2D eigenvalue weighted by Gasteiger charge is 2.24. The zero-order valence-corrected chi connectivity index (χ0v) is 17.5. The van der Waals surface area contributed by atoms with Gasteiger partial charge in [0.15, 0.2) is 0 Å². The number of carbonyl (C=O) groups is 1. The second kappa shape index (κ2) is 7.51. The second-order valence-corrected chi connectivity index (χ2v) is 8.66. The Hall–Kier alpha value is -2.87. The highest BCUT2D eigenvalue weighted by molar-refractivity contribution is 7.19. The Morgan fingerprint density at radius 3 is 2.66 bits per heavy atom. The minimum Gasteiger partial charge on any atom is -0.478 e. The summed E-state index contributed by atoms with van der Waals surface area (Å²) in [6.07, 6.45) is 2.21. The van der Waals surface area contributed by atoms with E-state index in [0.29, 0.717) is 21.9 Å². The van der Waals surface area contributed by atoms with Gasteiger partial charge >= 0.3 is 5.97 Å². The third-order valence-corrected chi connectivity index (χ3v) is 6.56. The van der Waals surface area contributed by atoms with Gasteiger partial charge in [0.2, 0.25) is 5.95 Å². The van der Waals surface area contributed by atoms with Gasteiger partial charge < -0.3 is 15.3 Å². The maximum atomic E-state index is 13.0. The van der Waals surface area contributed by atoms with Crippen LogP contribution in [0.15, 0.2) is 29.1 Å². The van der Waals surface area contributed by atoms with Crippen LogP contribution in [0.4, 0.5) is 11.6 Å². The van der Waals surface area contributed by atoms with E-state index in [1.54, 1.807) is 35.9 Å². The Morgan fingerprint density at radius 1 is 1.28 bits per heavy atom. The molecule has 0 amide bonds. The van der Waals surface area contributed by atoms with Crippen molar-refractivity contribution in [2.75, 3.05) is 23.3 Å². The number of fused-ring (bicyclic) bond motifs is 1. The fraction of sp³-hybridized carbons (Fsp3) is 0.381. The largest absolute Gasteiger partial charge is 0.478 e. The molecular formula is C21H24N4O3S. The number of aryl methyl sites for hydroxylation is 1. The number of carboxylic acid groups (broad SMARTS) is 1. The molecule has 3 aromatic rings. The van der Waals surface area contributed by atoms with Crippen LogP contribution in [0.5, 0.6) is 0 Å². The maximum absolute atomic E-state index is 13.0. The van der Waals surface area contributed by atoms with Crippen LogP contribution in [0.1, 0.15) is 46.6 Å². The standard InChI is InChI=1S/C21H24N4O3S/c1-12(22-15-9-5-4-8-14(15)20(27)28)16-13(2)29-18-17(16)23-21(24(3)19(18)26)25-10-6-7-11-25/h4-5,8-9,12,22H,6-7,10-11H2,1-3H3,(H,27,28). The summed E-state index contributed by atoms with van der Waals surface area (Å²) in [5.74, 6) is -0.271. The number of hydrogen-bond acceptors (Lipinski definition) is 6. The highest BCUT2D eigenvalue weighted by atomic mass is 32.1. The van der Waals surface area contributed by atoms with E-state index in [1.807, 2.05) is 13.8 Å². The first kappa shape index (κ1) is 19.4. The van der Waals surface area contributed by atoms with Gasteiger partial charge in [-0.15, -0.1) is 11.3 Å². The van der Waals surface area contributed by atoms with Crippen molar-refractivity contribution in [1.29, 1.82) is 0 Å². The second-order valence-electron chi connectivity index (χ2n) is 7.44. The Morgan fingerprint density at radius 2 is 1.97 bits per heavy atom. The molecule has 0 radical (unpaired) electrons. The summed E-state index contributed by atoms with van der Waals surface area (Å²) in [6.45, 7) is 5.77. The van der Waals surface area contributed by atoms with Gasteiger partial charge in [0, 0.05) is 36.3 Å². The molecule has 2 N–H and O–H groups in total. The van der Waals surface area contributed by atoms with E-state index in [-0.39, 0.29) is 17.2 Å². The van der Waals surface area contributed by atoms with E-state index in [4.69, 9.17) is 4.98 Å². The molecule has 1 fully saturated rings. The lowest BCUT2D eigenvalue weighted by molar-refractivity contribution is 0.0698. The number of para-hydroxylation sites is 1. The quantitative estimate of drug-likeness (QED) is 0.663. The van der Waals surface area contributed by atoms with Gasteiger partial charge in [-0.2, -0.15) is 0 Å². The Labute approximate surface area is 172 Å². The van der Waals surface area contributed by atoms with Crippen molar-refractivity contribution < 1.29 is 9.90 Å². The predicted molar refractivity (Wildman–Crippen MR) is 116 cm³/mol. The van der Waals surface area contributed by atoms with Gasteiger partial charge in [-0.25, -0.2) is 9.78 Å². The Kier molecular flexibility index (Phi) is 5.04. The average molecular weight is 413 g/mol. The van der Waals surface area contributed by atoms with Crippen LogP contribution in [-0.4, -0.2) is 33.7 Å². The fourth-order valence-corrected chi connectivity index (χ4v) is 5.20. The minimum atomic E-state index is -0.976. The van der Waals surface area contributed by atoms with Crippen molar-refractivity contribution in [2.24, 2.45) is 7.05 Å². The summed E-state index contributed by atoms with van der Waals surface area (Å²) in [5.41, 5.74) is 2.40. The van der Waals surface area contributed by atoms with Crippen molar-refractivity contribution in [3.63, 3.8) is 0 Å². The minimum absolute atomic E-state index is 0.0330. The molecule has 1 saturated heterocycles. The summed E-state index contributed by atoms with van der Waals surface area (Å²) < 4.78 is 2.29. The van der Waals surface area contributed by atoms with Crippen LogP contribution in [0, 0.1) is 6.92 Å². The van der Waals surface area contributed by atoms with Crippen LogP contribution in [0.2, 0.25) is 0 Å². The van der Waals surface area contributed by atoms with Crippen molar-refractivity contribution in [3.8, 4) is 0 Å². The highest BCUT2D eigenvalue weighted by Crippen LogP contribution is 2.35. The van der Waals surface area contributed by atoms with Crippen molar-refractivity contribution in [2.45, 2.75) is 32.7 Å². The molecule has 7 nitrogen and oxygen atoms in total. The lowest BCUT2D eigenvalue weighted by Crippen LogP contribution is -2.29. The number of hydrogen-bond donors (Lipinski definition) is 2. The summed E-state index contributed by atoms with van der Waals surface area (Å²) >= 11 is 1.45. The zero-order valence-electron chi connectivity index (χ0n) is 16.7. The molecule has 1 aliphatic rings. The molecule has 0 bridgehead atoms. The summed E-state index contributed by atoms with van der Waals surface area (Å²) in [6, 6.07) is 6.65. The molecule has 3 heterocycles.